The summed E-state index contributed by atoms with van der Waals surface area (Å²) in [6.45, 7) is 1.02. The van der Waals surface area contributed by atoms with Crippen LogP contribution in [0, 0.1) is 0 Å². The van der Waals surface area contributed by atoms with Gasteiger partial charge >= 0.3 is 0 Å². The fraction of sp³-hybridized carbons (Fsp3) is 0.227. The van der Waals surface area contributed by atoms with Crippen LogP contribution >= 0.6 is 23.2 Å². The smallest absolute Gasteiger partial charge is 0.183 e. The molecule has 0 saturated carbocycles. The Kier molecular flexibility index (Phi) is 7.31. The molecule has 2 aromatic carbocycles. The van der Waals surface area contributed by atoms with Crippen molar-refractivity contribution in [2.45, 2.75) is 32.2 Å². The molecule has 168 valence electrons. The van der Waals surface area contributed by atoms with Gasteiger partial charge in [-0.3, -0.25) is 11.7 Å². The number of hydrazine groups is 2. The molecule has 0 unspecified atom stereocenters. The third-order valence-electron chi connectivity index (χ3n) is 5.28. The number of nitrogens with zero attached hydrogens (tertiary/aromatic N) is 2. The Balaban J connectivity index is 1.59. The average molecular weight is 475 g/mol. The highest BCUT2D eigenvalue weighted by molar-refractivity contribution is 6.35. The van der Waals surface area contributed by atoms with Gasteiger partial charge in [-0.15, -0.1) is 0 Å². The number of nitrogens with one attached hydrogen (secondary N) is 2. The van der Waals surface area contributed by atoms with Crippen LogP contribution in [0.1, 0.15) is 18.4 Å². The number of nitrogens with two attached hydrogens (primary N) is 2. The lowest BCUT2D eigenvalue weighted by Gasteiger charge is -2.15. The second-order valence-corrected chi connectivity index (χ2v) is 8.11. The minimum Gasteiger partial charge on any atom is -0.489 e. The molecule has 0 saturated heterocycles. The Morgan fingerprint density at radius 1 is 1.06 bits per heavy atom. The number of aromatic nitrogens is 2. The summed E-state index contributed by atoms with van der Waals surface area (Å²) >= 11 is 12.5. The molecule has 4 aromatic rings. The van der Waals surface area contributed by atoms with Gasteiger partial charge in [0.2, 0.25) is 0 Å². The number of ether oxygens (including phenoxy) is 1. The maximum absolute atomic E-state index is 6.25. The van der Waals surface area contributed by atoms with E-state index >= 15 is 0 Å². The zero-order chi connectivity index (χ0) is 22.5. The van der Waals surface area contributed by atoms with Crippen LogP contribution in [-0.2, 0) is 13.2 Å². The van der Waals surface area contributed by atoms with Gasteiger partial charge in [0.05, 0.1) is 18.1 Å². The standard InChI is InChI=1S/C22H24Cl2N6O2/c23-17-3-1-4-18(24)16(17)13-31-15-6-7-19-14(11-15)12-20(21-8-9-27-32-21)30(19)10-2-5-22(28-25)29-26/h1,3-4,6-9,11-12,22,28-29H,2,5,10,13,25-26H2. The Morgan fingerprint density at radius 2 is 1.84 bits per heavy atom. The number of rotatable bonds is 10. The van der Waals surface area contributed by atoms with E-state index in [1.54, 1.807) is 18.3 Å². The van der Waals surface area contributed by atoms with Crippen LogP contribution in [0.5, 0.6) is 5.75 Å². The predicted octanol–water partition coefficient (Wildman–Crippen LogP) is 4.22. The molecule has 0 aliphatic rings. The highest BCUT2D eigenvalue weighted by Crippen LogP contribution is 2.32. The second kappa shape index (κ2) is 10.4. The van der Waals surface area contributed by atoms with Gasteiger partial charge in [0, 0.05) is 39.1 Å². The van der Waals surface area contributed by atoms with Crippen LogP contribution < -0.4 is 27.3 Å². The van der Waals surface area contributed by atoms with Gasteiger partial charge in [-0.2, -0.15) is 0 Å². The van der Waals surface area contributed by atoms with Crippen molar-refractivity contribution in [1.29, 1.82) is 0 Å². The van der Waals surface area contributed by atoms with Gasteiger partial charge in [0.25, 0.3) is 0 Å². The van der Waals surface area contributed by atoms with Crippen molar-refractivity contribution >= 4 is 34.1 Å². The van der Waals surface area contributed by atoms with Gasteiger partial charge in [0.1, 0.15) is 12.4 Å². The first kappa shape index (κ1) is 22.6. The molecule has 0 fully saturated rings. The molecule has 2 aromatic heterocycles. The molecule has 8 nitrogen and oxygen atoms in total. The van der Waals surface area contributed by atoms with E-state index in [1.165, 1.54) is 0 Å². The molecule has 32 heavy (non-hydrogen) atoms. The fourth-order valence-corrected chi connectivity index (χ4v) is 4.13. The summed E-state index contributed by atoms with van der Waals surface area (Å²) in [6.07, 6.45) is 3.06. The van der Waals surface area contributed by atoms with Crippen LogP contribution in [-0.4, -0.2) is 15.9 Å². The number of benzene rings is 2. The zero-order valence-electron chi connectivity index (χ0n) is 17.2. The second-order valence-electron chi connectivity index (χ2n) is 7.30. The lowest BCUT2D eigenvalue weighted by atomic mass is 10.2. The van der Waals surface area contributed by atoms with Crippen molar-refractivity contribution in [3.05, 3.63) is 70.3 Å². The number of halogens is 2. The van der Waals surface area contributed by atoms with Crippen LogP contribution in [0.15, 0.2) is 59.3 Å². The van der Waals surface area contributed by atoms with Crippen LogP contribution in [0.4, 0.5) is 0 Å². The summed E-state index contributed by atoms with van der Waals surface area (Å²) in [5.41, 5.74) is 8.03. The van der Waals surface area contributed by atoms with Crippen LogP contribution in [0.25, 0.3) is 22.4 Å². The molecule has 6 N–H and O–H groups in total. The van der Waals surface area contributed by atoms with Gasteiger partial charge in [-0.1, -0.05) is 34.4 Å². The molecule has 0 radical (unpaired) electrons. The third-order valence-corrected chi connectivity index (χ3v) is 5.99. The number of fused-ring (bicyclic) bond motifs is 1. The van der Waals surface area contributed by atoms with Gasteiger partial charge in [0.15, 0.2) is 5.76 Å². The van der Waals surface area contributed by atoms with E-state index in [0.29, 0.717) is 15.8 Å². The summed E-state index contributed by atoms with van der Waals surface area (Å²) in [6, 6.07) is 15.2. The first-order valence-electron chi connectivity index (χ1n) is 10.1. The molecule has 0 bridgehead atoms. The normalized spacial score (nSPS) is 11.5. The van der Waals surface area contributed by atoms with Gasteiger partial charge in [-0.05, 0) is 49.2 Å². The maximum atomic E-state index is 6.25. The number of hydrogen-bond donors (Lipinski definition) is 4. The molecule has 4 rings (SSSR count). The van der Waals surface area contributed by atoms with Crippen molar-refractivity contribution in [1.82, 2.24) is 20.6 Å². The lowest BCUT2D eigenvalue weighted by Crippen LogP contribution is -2.49. The van der Waals surface area contributed by atoms with E-state index in [1.807, 2.05) is 30.3 Å². The minimum absolute atomic E-state index is 0.165. The summed E-state index contributed by atoms with van der Waals surface area (Å²) in [4.78, 5) is 0. The van der Waals surface area contributed by atoms with E-state index in [9.17, 15) is 0 Å². The zero-order valence-corrected chi connectivity index (χ0v) is 18.7. The van der Waals surface area contributed by atoms with Crippen molar-refractivity contribution in [3.63, 3.8) is 0 Å². The predicted molar refractivity (Wildman–Crippen MR) is 126 cm³/mol. The lowest BCUT2D eigenvalue weighted by molar-refractivity contribution is 0.307. The maximum Gasteiger partial charge on any atom is 0.183 e. The van der Waals surface area contributed by atoms with Crippen LogP contribution in [0.3, 0.4) is 0 Å². The molecule has 0 aliphatic carbocycles. The molecular formula is C22H24Cl2N6O2. The Morgan fingerprint density at radius 3 is 2.53 bits per heavy atom. The Bertz CT molecular complexity index is 1150. The molecule has 0 spiro atoms. The first-order valence-corrected chi connectivity index (χ1v) is 10.9. The topological polar surface area (TPSA) is 116 Å². The first-order chi connectivity index (χ1) is 15.6. The van der Waals surface area contributed by atoms with E-state index < -0.39 is 0 Å². The van der Waals surface area contributed by atoms with Crippen molar-refractivity contribution < 1.29 is 9.26 Å². The van der Waals surface area contributed by atoms with E-state index in [4.69, 9.17) is 44.1 Å². The minimum atomic E-state index is -0.165. The molecular weight excluding hydrogens is 451 g/mol. The fourth-order valence-electron chi connectivity index (χ4n) is 3.63. The van der Waals surface area contributed by atoms with Crippen molar-refractivity contribution in [3.8, 4) is 17.2 Å². The van der Waals surface area contributed by atoms with E-state index in [-0.39, 0.29) is 12.8 Å². The van der Waals surface area contributed by atoms with Crippen molar-refractivity contribution in [2.24, 2.45) is 11.7 Å². The molecule has 0 aliphatic heterocycles. The Labute approximate surface area is 195 Å². The van der Waals surface area contributed by atoms with E-state index in [2.05, 4.69) is 26.6 Å². The van der Waals surface area contributed by atoms with E-state index in [0.717, 1.165) is 47.3 Å². The number of hydrogen-bond acceptors (Lipinski definition) is 7. The largest absolute Gasteiger partial charge is 0.489 e. The summed E-state index contributed by atoms with van der Waals surface area (Å²) < 4.78 is 13.6. The van der Waals surface area contributed by atoms with Crippen LogP contribution in [0.2, 0.25) is 10.0 Å². The molecule has 0 atom stereocenters. The SMILES string of the molecule is NNC(CCCn1c(-c2ccno2)cc2cc(OCc3c(Cl)cccc3Cl)ccc21)NN. The van der Waals surface area contributed by atoms with Gasteiger partial charge < -0.3 is 13.8 Å². The third kappa shape index (κ3) is 4.91. The summed E-state index contributed by atoms with van der Waals surface area (Å²) in [5, 5.41) is 6.03. The summed E-state index contributed by atoms with van der Waals surface area (Å²) in [7, 11) is 0. The highest BCUT2D eigenvalue weighted by Gasteiger charge is 2.15. The Hall–Kier alpha value is -2.59. The number of aryl methyl sites for hydroxylation is 1. The van der Waals surface area contributed by atoms with Crippen molar-refractivity contribution in [2.75, 3.05) is 0 Å². The highest BCUT2D eigenvalue weighted by atomic mass is 35.5. The van der Waals surface area contributed by atoms with Gasteiger partial charge in [-0.25, -0.2) is 10.9 Å². The quantitative estimate of drug-likeness (QED) is 0.154. The molecule has 2 heterocycles. The average Bonchev–Trinajstić information content (AvgIpc) is 3.44. The molecule has 10 heteroatoms. The monoisotopic (exact) mass is 474 g/mol. The molecule has 0 amide bonds. The summed E-state index contributed by atoms with van der Waals surface area (Å²) in [5.74, 6) is 12.4.